The van der Waals surface area contributed by atoms with Gasteiger partial charge < -0.3 is 5.32 Å². The van der Waals surface area contributed by atoms with E-state index in [0.29, 0.717) is 26.2 Å². The summed E-state index contributed by atoms with van der Waals surface area (Å²) in [7, 11) is -3.42. The number of carbonyl (C=O) groups excluding carboxylic acids is 2. The number of amides is 3. The second-order valence-corrected chi connectivity index (χ2v) is 10.0. The van der Waals surface area contributed by atoms with Gasteiger partial charge in [-0.1, -0.05) is 60.7 Å². The lowest BCUT2D eigenvalue weighted by molar-refractivity contribution is -0.132. The highest BCUT2D eigenvalue weighted by Gasteiger charge is 2.49. The number of carbonyl (C=O) groups is 2. The van der Waals surface area contributed by atoms with Crippen molar-refractivity contribution in [3.63, 3.8) is 0 Å². The summed E-state index contributed by atoms with van der Waals surface area (Å²) in [6.07, 6.45) is 0. The van der Waals surface area contributed by atoms with Crippen LogP contribution in [0.2, 0.25) is 0 Å². The van der Waals surface area contributed by atoms with Crippen molar-refractivity contribution in [2.75, 3.05) is 32.8 Å². The van der Waals surface area contributed by atoms with E-state index in [2.05, 4.69) is 5.32 Å². The van der Waals surface area contributed by atoms with Crippen molar-refractivity contribution in [3.8, 4) is 0 Å². The lowest BCUT2D eigenvalue weighted by Gasteiger charge is -2.35. The summed E-state index contributed by atoms with van der Waals surface area (Å²) in [5.74, 6) is -0.334. The lowest BCUT2D eigenvalue weighted by Crippen LogP contribution is -2.53. The molecule has 2 fully saturated rings. The number of rotatable bonds is 6. The number of benzene rings is 2. The standard InChI is InChI=1S/C22H26N4O4S/c1-22(19-10-6-3-7-11-19)20(27)26(21(28)23-22)17-24-12-14-25(15-13-24)31(29,30)16-18-8-4-2-5-9-18/h2-11H,12-17H2,1H3,(H,23,28)/t22-/m1/s1. The summed E-state index contributed by atoms with van der Waals surface area (Å²) in [5.41, 5.74) is 0.385. The smallest absolute Gasteiger partial charge is 0.319 e. The van der Waals surface area contributed by atoms with E-state index in [0.717, 1.165) is 11.1 Å². The molecule has 2 aliphatic rings. The van der Waals surface area contributed by atoms with Crippen molar-refractivity contribution < 1.29 is 18.0 Å². The average Bonchev–Trinajstić information content (AvgIpc) is 2.99. The summed E-state index contributed by atoms with van der Waals surface area (Å²) < 4.78 is 26.9. The van der Waals surface area contributed by atoms with Crippen molar-refractivity contribution in [1.29, 1.82) is 0 Å². The topological polar surface area (TPSA) is 90.0 Å². The van der Waals surface area contributed by atoms with Gasteiger partial charge in [-0.25, -0.2) is 18.1 Å². The van der Waals surface area contributed by atoms with Crippen LogP contribution in [0.1, 0.15) is 18.1 Å². The van der Waals surface area contributed by atoms with E-state index in [1.807, 2.05) is 53.4 Å². The van der Waals surface area contributed by atoms with Gasteiger partial charge >= 0.3 is 6.03 Å². The first-order valence-corrected chi connectivity index (χ1v) is 11.8. The molecule has 0 aromatic heterocycles. The molecule has 1 atom stereocenters. The molecule has 2 aliphatic heterocycles. The molecule has 9 heteroatoms. The summed E-state index contributed by atoms with van der Waals surface area (Å²) >= 11 is 0. The van der Waals surface area contributed by atoms with E-state index >= 15 is 0 Å². The van der Waals surface area contributed by atoms with Gasteiger partial charge in [-0.15, -0.1) is 0 Å². The van der Waals surface area contributed by atoms with Crippen LogP contribution in [0.3, 0.4) is 0 Å². The number of urea groups is 1. The molecule has 2 aromatic carbocycles. The molecule has 2 aromatic rings. The number of hydrogen-bond donors (Lipinski definition) is 1. The molecule has 3 amide bonds. The van der Waals surface area contributed by atoms with Gasteiger partial charge in [-0.05, 0) is 18.1 Å². The minimum atomic E-state index is -3.42. The summed E-state index contributed by atoms with van der Waals surface area (Å²) in [5, 5.41) is 2.80. The fourth-order valence-corrected chi connectivity index (χ4v) is 5.53. The number of piperazine rings is 1. The van der Waals surface area contributed by atoms with Crippen LogP contribution in [-0.2, 0) is 26.1 Å². The van der Waals surface area contributed by atoms with Gasteiger partial charge in [0.1, 0.15) is 5.54 Å². The highest BCUT2D eigenvalue weighted by atomic mass is 32.2. The van der Waals surface area contributed by atoms with Crippen LogP contribution < -0.4 is 5.32 Å². The molecule has 164 valence electrons. The highest BCUT2D eigenvalue weighted by Crippen LogP contribution is 2.29. The fraction of sp³-hybridized carbons (Fsp3) is 0.364. The predicted octanol–water partition coefficient (Wildman–Crippen LogP) is 1.56. The first-order chi connectivity index (χ1) is 14.8. The maximum absolute atomic E-state index is 13.0. The Labute approximate surface area is 182 Å². The van der Waals surface area contributed by atoms with Crippen LogP contribution in [0, 0.1) is 0 Å². The summed E-state index contributed by atoms with van der Waals surface area (Å²) in [6, 6.07) is 17.8. The number of nitrogens with one attached hydrogen (secondary N) is 1. The third-order valence-electron chi connectivity index (χ3n) is 5.88. The van der Waals surface area contributed by atoms with E-state index in [9.17, 15) is 18.0 Å². The van der Waals surface area contributed by atoms with Crippen molar-refractivity contribution in [2.24, 2.45) is 0 Å². The molecular formula is C22H26N4O4S. The second-order valence-electron chi connectivity index (χ2n) is 8.05. The van der Waals surface area contributed by atoms with Gasteiger partial charge in [-0.2, -0.15) is 4.31 Å². The van der Waals surface area contributed by atoms with E-state index in [1.165, 1.54) is 9.21 Å². The highest BCUT2D eigenvalue weighted by molar-refractivity contribution is 7.88. The van der Waals surface area contributed by atoms with Crippen LogP contribution in [0.5, 0.6) is 0 Å². The van der Waals surface area contributed by atoms with Crippen LogP contribution in [0.25, 0.3) is 0 Å². The molecule has 0 bridgehead atoms. The summed E-state index contributed by atoms with van der Waals surface area (Å²) in [6.45, 7) is 3.40. The van der Waals surface area contributed by atoms with E-state index in [1.54, 1.807) is 19.1 Å². The Kier molecular flexibility index (Phi) is 5.83. The van der Waals surface area contributed by atoms with Gasteiger partial charge in [0.05, 0.1) is 12.4 Å². The normalized spacial score (nSPS) is 23.2. The number of hydrogen-bond acceptors (Lipinski definition) is 5. The van der Waals surface area contributed by atoms with E-state index in [-0.39, 0.29) is 18.3 Å². The fourth-order valence-electron chi connectivity index (χ4n) is 4.02. The van der Waals surface area contributed by atoms with Crippen molar-refractivity contribution in [1.82, 2.24) is 19.4 Å². The molecule has 4 rings (SSSR count). The number of imide groups is 1. The van der Waals surface area contributed by atoms with Crippen LogP contribution in [-0.4, -0.2) is 67.3 Å². The zero-order chi connectivity index (χ0) is 22.1. The minimum Gasteiger partial charge on any atom is -0.319 e. The minimum absolute atomic E-state index is 0.0315. The Bertz CT molecular complexity index is 1050. The molecule has 0 spiro atoms. The maximum Gasteiger partial charge on any atom is 0.326 e. The van der Waals surface area contributed by atoms with Crippen LogP contribution in [0.15, 0.2) is 60.7 Å². The molecule has 0 radical (unpaired) electrons. The van der Waals surface area contributed by atoms with E-state index in [4.69, 9.17) is 0 Å². The molecular weight excluding hydrogens is 416 g/mol. The Hall–Kier alpha value is -2.75. The van der Waals surface area contributed by atoms with Gasteiger partial charge in [-0.3, -0.25) is 9.69 Å². The first kappa shape index (κ1) is 21.5. The third-order valence-corrected chi connectivity index (χ3v) is 7.73. The number of nitrogens with zero attached hydrogens (tertiary/aromatic N) is 3. The van der Waals surface area contributed by atoms with Gasteiger partial charge in [0.25, 0.3) is 5.91 Å². The maximum atomic E-state index is 13.0. The van der Waals surface area contributed by atoms with Crippen molar-refractivity contribution in [2.45, 2.75) is 18.2 Å². The first-order valence-electron chi connectivity index (χ1n) is 10.2. The SMILES string of the molecule is C[C@]1(c2ccccc2)NC(=O)N(CN2CCN(S(=O)(=O)Cc3ccccc3)CC2)C1=O. The predicted molar refractivity (Wildman–Crippen MR) is 116 cm³/mol. The zero-order valence-corrected chi connectivity index (χ0v) is 18.2. The Morgan fingerprint density at radius 3 is 2.10 bits per heavy atom. The van der Waals surface area contributed by atoms with E-state index < -0.39 is 21.6 Å². The van der Waals surface area contributed by atoms with Crippen LogP contribution >= 0.6 is 0 Å². The Morgan fingerprint density at radius 2 is 1.48 bits per heavy atom. The molecule has 31 heavy (non-hydrogen) atoms. The van der Waals surface area contributed by atoms with Crippen molar-refractivity contribution in [3.05, 3.63) is 71.8 Å². The largest absolute Gasteiger partial charge is 0.326 e. The monoisotopic (exact) mass is 442 g/mol. The molecule has 1 N–H and O–H groups in total. The average molecular weight is 443 g/mol. The third kappa shape index (κ3) is 4.34. The van der Waals surface area contributed by atoms with Crippen LogP contribution in [0.4, 0.5) is 4.79 Å². The Balaban J connectivity index is 1.37. The summed E-state index contributed by atoms with van der Waals surface area (Å²) in [4.78, 5) is 28.7. The quantitative estimate of drug-likeness (QED) is 0.686. The zero-order valence-electron chi connectivity index (χ0n) is 17.4. The van der Waals surface area contributed by atoms with Gasteiger partial charge in [0.2, 0.25) is 10.0 Å². The van der Waals surface area contributed by atoms with Crippen molar-refractivity contribution >= 4 is 22.0 Å². The molecule has 8 nitrogen and oxygen atoms in total. The number of sulfonamides is 1. The molecule has 0 aliphatic carbocycles. The molecule has 2 saturated heterocycles. The molecule has 0 saturated carbocycles. The van der Waals surface area contributed by atoms with Gasteiger partial charge in [0.15, 0.2) is 0 Å². The lowest BCUT2D eigenvalue weighted by atomic mass is 9.92. The van der Waals surface area contributed by atoms with Gasteiger partial charge in [0, 0.05) is 26.2 Å². The second kappa shape index (κ2) is 8.41. The molecule has 2 heterocycles. The molecule has 0 unspecified atom stereocenters. The Morgan fingerprint density at radius 1 is 0.903 bits per heavy atom.